The van der Waals surface area contributed by atoms with Crippen LogP contribution in [0.4, 0.5) is 15.8 Å². The van der Waals surface area contributed by atoms with Gasteiger partial charge in [-0.1, -0.05) is 0 Å². The Bertz CT molecular complexity index is 520. The van der Waals surface area contributed by atoms with Gasteiger partial charge in [-0.05, 0) is 39.1 Å². The van der Waals surface area contributed by atoms with E-state index in [1.807, 2.05) is 13.8 Å². The standard InChI is InChI=1S/C14H21FN4O2/c1-9(2)17-13(20)7-19(3)8-14(21)18-12-6-10(15)4-5-11(12)16/h4-6,9H,7-8,16H2,1-3H3,(H,17,20)(H,18,21). The third-order valence-electron chi connectivity index (χ3n) is 2.57. The first-order valence-electron chi connectivity index (χ1n) is 6.60. The summed E-state index contributed by atoms with van der Waals surface area (Å²) in [7, 11) is 1.65. The molecule has 0 aliphatic carbocycles. The molecule has 4 N–H and O–H groups in total. The molecule has 0 aromatic heterocycles. The number of carbonyl (C=O) groups is 2. The number of rotatable bonds is 6. The average Bonchev–Trinajstić information content (AvgIpc) is 2.32. The number of benzene rings is 1. The minimum Gasteiger partial charge on any atom is -0.397 e. The number of nitrogens with zero attached hydrogens (tertiary/aromatic N) is 1. The van der Waals surface area contributed by atoms with Gasteiger partial charge in [-0.3, -0.25) is 14.5 Å². The van der Waals surface area contributed by atoms with Gasteiger partial charge in [0.1, 0.15) is 5.82 Å². The minimum atomic E-state index is -0.482. The Morgan fingerprint density at radius 1 is 1.29 bits per heavy atom. The van der Waals surface area contributed by atoms with E-state index < -0.39 is 5.82 Å². The van der Waals surface area contributed by atoms with E-state index in [0.29, 0.717) is 0 Å². The van der Waals surface area contributed by atoms with E-state index in [2.05, 4.69) is 10.6 Å². The van der Waals surface area contributed by atoms with Crippen LogP contribution in [0.2, 0.25) is 0 Å². The van der Waals surface area contributed by atoms with E-state index in [4.69, 9.17) is 5.73 Å². The van der Waals surface area contributed by atoms with Crippen LogP contribution in [0.25, 0.3) is 0 Å². The summed E-state index contributed by atoms with van der Waals surface area (Å²) in [6.07, 6.45) is 0. The van der Waals surface area contributed by atoms with Crippen molar-refractivity contribution in [1.82, 2.24) is 10.2 Å². The first kappa shape index (κ1) is 16.9. The van der Waals surface area contributed by atoms with Crippen molar-refractivity contribution in [1.29, 1.82) is 0 Å². The van der Waals surface area contributed by atoms with Crippen molar-refractivity contribution in [2.75, 3.05) is 31.2 Å². The normalized spacial score (nSPS) is 10.8. The quantitative estimate of drug-likeness (QED) is 0.678. The van der Waals surface area contributed by atoms with Crippen molar-refractivity contribution in [2.45, 2.75) is 19.9 Å². The van der Waals surface area contributed by atoms with Gasteiger partial charge in [-0.15, -0.1) is 0 Å². The first-order valence-corrected chi connectivity index (χ1v) is 6.60. The van der Waals surface area contributed by atoms with Crippen LogP contribution in [0.15, 0.2) is 18.2 Å². The van der Waals surface area contributed by atoms with Gasteiger partial charge in [-0.2, -0.15) is 0 Å². The zero-order valence-corrected chi connectivity index (χ0v) is 12.4. The second kappa shape index (κ2) is 7.58. The molecule has 0 heterocycles. The molecule has 116 valence electrons. The summed E-state index contributed by atoms with van der Waals surface area (Å²) in [6, 6.07) is 3.79. The fraction of sp³-hybridized carbons (Fsp3) is 0.429. The summed E-state index contributed by atoms with van der Waals surface area (Å²) in [6.45, 7) is 3.82. The maximum Gasteiger partial charge on any atom is 0.238 e. The van der Waals surface area contributed by atoms with E-state index in [-0.39, 0.29) is 42.3 Å². The van der Waals surface area contributed by atoms with E-state index in [1.54, 1.807) is 11.9 Å². The monoisotopic (exact) mass is 296 g/mol. The zero-order valence-electron chi connectivity index (χ0n) is 12.4. The number of nitrogens with one attached hydrogen (secondary N) is 2. The number of likely N-dealkylation sites (N-methyl/N-ethyl adjacent to an activating group) is 1. The highest BCUT2D eigenvalue weighted by Crippen LogP contribution is 2.18. The molecule has 6 nitrogen and oxygen atoms in total. The molecular weight excluding hydrogens is 275 g/mol. The van der Waals surface area contributed by atoms with Gasteiger partial charge < -0.3 is 16.4 Å². The molecule has 0 unspecified atom stereocenters. The van der Waals surface area contributed by atoms with Crippen LogP contribution in [0.3, 0.4) is 0 Å². The molecule has 2 amide bonds. The van der Waals surface area contributed by atoms with E-state index in [0.717, 1.165) is 6.07 Å². The van der Waals surface area contributed by atoms with Crippen molar-refractivity contribution in [3.8, 4) is 0 Å². The predicted octanol–water partition coefficient (Wildman–Crippen LogP) is 0.803. The third kappa shape index (κ3) is 6.22. The minimum absolute atomic E-state index is 0.00146. The first-order chi connectivity index (χ1) is 9.77. The lowest BCUT2D eigenvalue weighted by Gasteiger charge is -2.17. The summed E-state index contributed by atoms with van der Waals surface area (Å²) < 4.78 is 13.1. The lowest BCUT2D eigenvalue weighted by Crippen LogP contribution is -2.41. The van der Waals surface area contributed by atoms with Gasteiger partial charge in [-0.25, -0.2) is 4.39 Å². The number of carbonyl (C=O) groups excluding carboxylic acids is 2. The molecule has 0 fully saturated rings. The van der Waals surface area contributed by atoms with Crippen LogP contribution in [0, 0.1) is 5.82 Å². The number of anilines is 2. The number of hydrogen-bond acceptors (Lipinski definition) is 4. The summed E-state index contributed by atoms with van der Waals surface area (Å²) in [4.78, 5) is 24.9. The number of nitrogens with two attached hydrogens (primary N) is 1. The Morgan fingerprint density at radius 3 is 2.52 bits per heavy atom. The van der Waals surface area contributed by atoms with E-state index in [1.165, 1.54) is 12.1 Å². The fourth-order valence-electron chi connectivity index (χ4n) is 1.74. The summed E-state index contributed by atoms with van der Waals surface area (Å²) >= 11 is 0. The van der Waals surface area contributed by atoms with Gasteiger partial charge in [0.25, 0.3) is 0 Å². The topological polar surface area (TPSA) is 87.5 Å². The number of amides is 2. The molecule has 7 heteroatoms. The Balaban J connectivity index is 2.49. The highest BCUT2D eigenvalue weighted by Gasteiger charge is 2.12. The smallest absolute Gasteiger partial charge is 0.238 e. The molecule has 0 bridgehead atoms. The molecule has 1 rings (SSSR count). The predicted molar refractivity (Wildman–Crippen MR) is 80.2 cm³/mol. The lowest BCUT2D eigenvalue weighted by atomic mass is 10.2. The van der Waals surface area contributed by atoms with Gasteiger partial charge in [0.05, 0.1) is 24.5 Å². The number of hydrogen-bond donors (Lipinski definition) is 3. The fourth-order valence-corrected chi connectivity index (χ4v) is 1.74. The number of halogens is 1. The Labute approximate surface area is 123 Å². The molecule has 0 saturated heterocycles. The van der Waals surface area contributed by atoms with Crippen molar-refractivity contribution < 1.29 is 14.0 Å². The van der Waals surface area contributed by atoms with Crippen molar-refractivity contribution in [3.05, 3.63) is 24.0 Å². The summed E-state index contributed by atoms with van der Waals surface area (Å²) in [5, 5.41) is 5.25. The average molecular weight is 296 g/mol. The Kier molecular flexibility index (Phi) is 6.10. The highest BCUT2D eigenvalue weighted by atomic mass is 19.1. The van der Waals surface area contributed by atoms with Crippen LogP contribution in [-0.4, -0.2) is 42.9 Å². The van der Waals surface area contributed by atoms with Gasteiger partial charge in [0, 0.05) is 6.04 Å². The van der Waals surface area contributed by atoms with E-state index >= 15 is 0 Å². The van der Waals surface area contributed by atoms with Crippen LogP contribution in [0.5, 0.6) is 0 Å². The second-order valence-electron chi connectivity index (χ2n) is 5.17. The Morgan fingerprint density at radius 2 is 1.90 bits per heavy atom. The largest absolute Gasteiger partial charge is 0.397 e. The summed E-state index contributed by atoms with van der Waals surface area (Å²) in [5.74, 6) is -1.01. The van der Waals surface area contributed by atoms with Crippen molar-refractivity contribution >= 4 is 23.2 Å². The maximum atomic E-state index is 13.1. The summed E-state index contributed by atoms with van der Waals surface area (Å²) in [5.41, 5.74) is 6.15. The van der Waals surface area contributed by atoms with E-state index in [9.17, 15) is 14.0 Å². The van der Waals surface area contributed by atoms with Gasteiger partial charge in [0.15, 0.2) is 0 Å². The van der Waals surface area contributed by atoms with Crippen molar-refractivity contribution in [3.63, 3.8) is 0 Å². The second-order valence-corrected chi connectivity index (χ2v) is 5.17. The molecular formula is C14H21FN4O2. The third-order valence-corrected chi connectivity index (χ3v) is 2.57. The van der Waals surface area contributed by atoms with Crippen LogP contribution < -0.4 is 16.4 Å². The molecule has 0 saturated carbocycles. The maximum absolute atomic E-state index is 13.1. The van der Waals surface area contributed by atoms with Crippen LogP contribution in [0.1, 0.15) is 13.8 Å². The molecule has 0 aliphatic heterocycles. The SMILES string of the molecule is CC(C)NC(=O)CN(C)CC(=O)Nc1cc(F)ccc1N. The molecule has 1 aromatic carbocycles. The molecule has 0 radical (unpaired) electrons. The number of nitrogen functional groups attached to an aromatic ring is 1. The van der Waals surface area contributed by atoms with Crippen LogP contribution in [-0.2, 0) is 9.59 Å². The van der Waals surface area contributed by atoms with Crippen LogP contribution >= 0.6 is 0 Å². The molecule has 21 heavy (non-hydrogen) atoms. The molecule has 0 aliphatic rings. The highest BCUT2D eigenvalue weighted by molar-refractivity contribution is 5.95. The lowest BCUT2D eigenvalue weighted by molar-refractivity contribution is -0.123. The van der Waals surface area contributed by atoms with Gasteiger partial charge >= 0.3 is 0 Å². The van der Waals surface area contributed by atoms with Gasteiger partial charge in [0.2, 0.25) is 11.8 Å². The van der Waals surface area contributed by atoms with Crippen molar-refractivity contribution in [2.24, 2.45) is 0 Å². The zero-order chi connectivity index (χ0) is 16.0. The molecule has 0 atom stereocenters. The molecule has 1 aromatic rings. The Hall–Kier alpha value is -2.15. The molecule has 0 spiro atoms.